The molecule has 0 fully saturated rings. The van der Waals surface area contributed by atoms with Gasteiger partial charge in [0.05, 0.1) is 12.2 Å². The number of carbonyl (C=O) groups excluding carboxylic acids is 2. The largest absolute Gasteiger partial charge is 0.462 e. The third-order valence-corrected chi connectivity index (χ3v) is 3.52. The van der Waals surface area contributed by atoms with E-state index in [1.54, 1.807) is 13.0 Å². The standard InChI is InChI=1S/C14H21NO3S/c1-5-18-14(17)11-8-10(4)19-13(11)15-12(16)7-6-9(2)3/h8-9H,5-7H2,1-4H3,(H,15,16). The summed E-state index contributed by atoms with van der Waals surface area (Å²) in [5, 5.41) is 3.39. The van der Waals surface area contributed by atoms with Crippen LogP contribution in [0.25, 0.3) is 0 Å². The van der Waals surface area contributed by atoms with Crippen molar-refractivity contribution < 1.29 is 14.3 Å². The summed E-state index contributed by atoms with van der Waals surface area (Å²) in [5.74, 6) is 0.0486. The minimum Gasteiger partial charge on any atom is -0.462 e. The van der Waals surface area contributed by atoms with E-state index in [0.717, 1.165) is 11.3 Å². The predicted octanol–water partition coefficient (Wildman–Crippen LogP) is 3.61. The molecule has 0 saturated heterocycles. The van der Waals surface area contributed by atoms with Crippen LogP contribution in [0.5, 0.6) is 0 Å². The number of thiophene rings is 1. The van der Waals surface area contributed by atoms with E-state index in [0.29, 0.717) is 29.5 Å². The van der Waals surface area contributed by atoms with E-state index in [-0.39, 0.29) is 11.9 Å². The van der Waals surface area contributed by atoms with Crippen molar-refractivity contribution in [2.45, 2.75) is 40.5 Å². The van der Waals surface area contributed by atoms with Gasteiger partial charge in [-0.05, 0) is 32.3 Å². The molecule has 1 aromatic rings. The summed E-state index contributed by atoms with van der Waals surface area (Å²) in [4.78, 5) is 24.5. The van der Waals surface area contributed by atoms with Crippen molar-refractivity contribution in [2.75, 3.05) is 11.9 Å². The zero-order valence-corrected chi connectivity index (χ0v) is 12.7. The van der Waals surface area contributed by atoms with Crippen LogP contribution < -0.4 is 5.32 Å². The Kier molecular flexibility index (Phi) is 6.02. The van der Waals surface area contributed by atoms with Gasteiger partial charge in [-0.1, -0.05) is 13.8 Å². The van der Waals surface area contributed by atoms with Crippen molar-refractivity contribution in [3.8, 4) is 0 Å². The van der Waals surface area contributed by atoms with Gasteiger partial charge in [-0.2, -0.15) is 0 Å². The minimum absolute atomic E-state index is 0.0545. The Labute approximate surface area is 118 Å². The highest BCUT2D eigenvalue weighted by Crippen LogP contribution is 2.28. The zero-order chi connectivity index (χ0) is 14.4. The van der Waals surface area contributed by atoms with Gasteiger partial charge in [0.15, 0.2) is 0 Å². The summed E-state index contributed by atoms with van der Waals surface area (Å²) in [6.45, 7) is 8.14. The summed E-state index contributed by atoms with van der Waals surface area (Å²) in [5.41, 5.74) is 0.447. The Bertz CT molecular complexity index is 452. The Morgan fingerprint density at radius 2 is 2.11 bits per heavy atom. The molecular formula is C14H21NO3S. The number of esters is 1. The summed E-state index contributed by atoms with van der Waals surface area (Å²) >= 11 is 1.40. The number of rotatable bonds is 6. The third kappa shape index (κ3) is 5.03. The molecule has 5 heteroatoms. The molecule has 0 atom stereocenters. The molecule has 0 radical (unpaired) electrons. The first kappa shape index (κ1) is 15.7. The van der Waals surface area contributed by atoms with Gasteiger partial charge in [-0.25, -0.2) is 4.79 Å². The van der Waals surface area contributed by atoms with Gasteiger partial charge in [-0.3, -0.25) is 4.79 Å². The van der Waals surface area contributed by atoms with Gasteiger partial charge in [-0.15, -0.1) is 11.3 Å². The lowest BCUT2D eigenvalue weighted by atomic mass is 10.1. The third-order valence-electron chi connectivity index (χ3n) is 2.55. The van der Waals surface area contributed by atoms with E-state index in [9.17, 15) is 9.59 Å². The molecule has 106 valence electrons. The molecule has 1 heterocycles. The van der Waals surface area contributed by atoms with E-state index in [4.69, 9.17) is 4.74 Å². The lowest BCUT2D eigenvalue weighted by Crippen LogP contribution is -2.14. The number of aryl methyl sites for hydroxylation is 1. The second-order valence-electron chi connectivity index (χ2n) is 4.80. The Balaban J connectivity index is 2.72. The highest BCUT2D eigenvalue weighted by atomic mass is 32.1. The SMILES string of the molecule is CCOC(=O)c1cc(C)sc1NC(=O)CCC(C)C. The second kappa shape index (κ2) is 7.28. The van der Waals surface area contributed by atoms with Gasteiger partial charge < -0.3 is 10.1 Å². The maximum Gasteiger partial charge on any atom is 0.341 e. The Morgan fingerprint density at radius 3 is 2.68 bits per heavy atom. The van der Waals surface area contributed by atoms with E-state index >= 15 is 0 Å². The average molecular weight is 283 g/mol. The number of carbonyl (C=O) groups is 2. The minimum atomic E-state index is -0.383. The van der Waals surface area contributed by atoms with Crippen LogP contribution in [0.2, 0.25) is 0 Å². The quantitative estimate of drug-likeness (QED) is 0.811. The molecule has 0 unspecified atom stereocenters. The van der Waals surface area contributed by atoms with Crippen molar-refractivity contribution in [1.29, 1.82) is 0 Å². The zero-order valence-electron chi connectivity index (χ0n) is 11.9. The van der Waals surface area contributed by atoms with Crippen LogP contribution in [0.3, 0.4) is 0 Å². The molecule has 1 N–H and O–H groups in total. The predicted molar refractivity (Wildman–Crippen MR) is 77.7 cm³/mol. The van der Waals surface area contributed by atoms with Crippen molar-refractivity contribution in [3.05, 3.63) is 16.5 Å². The van der Waals surface area contributed by atoms with Crippen molar-refractivity contribution in [3.63, 3.8) is 0 Å². The molecule has 1 amide bonds. The van der Waals surface area contributed by atoms with Crippen molar-refractivity contribution in [2.24, 2.45) is 5.92 Å². The molecule has 0 aliphatic rings. The number of nitrogens with one attached hydrogen (secondary N) is 1. The van der Waals surface area contributed by atoms with Crippen LogP contribution in [-0.4, -0.2) is 18.5 Å². The molecule has 0 aliphatic heterocycles. The summed E-state index contributed by atoms with van der Waals surface area (Å²) in [6.07, 6.45) is 1.31. The van der Waals surface area contributed by atoms with E-state index in [2.05, 4.69) is 19.2 Å². The highest BCUT2D eigenvalue weighted by Gasteiger charge is 2.17. The molecule has 0 spiro atoms. The molecule has 0 saturated carbocycles. The lowest BCUT2D eigenvalue weighted by molar-refractivity contribution is -0.116. The fourth-order valence-electron chi connectivity index (χ4n) is 1.58. The fraction of sp³-hybridized carbons (Fsp3) is 0.571. The average Bonchev–Trinajstić information content (AvgIpc) is 2.68. The molecule has 0 aliphatic carbocycles. The molecule has 4 nitrogen and oxygen atoms in total. The lowest BCUT2D eigenvalue weighted by Gasteiger charge is -2.07. The number of hydrogen-bond donors (Lipinski definition) is 1. The highest BCUT2D eigenvalue weighted by molar-refractivity contribution is 7.16. The van der Waals surface area contributed by atoms with E-state index < -0.39 is 0 Å². The van der Waals surface area contributed by atoms with Crippen LogP contribution in [0.15, 0.2) is 6.07 Å². The van der Waals surface area contributed by atoms with Gasteiger partial charge >= 0.3 is 5.97 Å². The van der Waals surface area contributed by atoms with Crippen LogP contribution in [0.4, 0.5) is 5.00 Å². The molecular weight excluding hydrogens is 262 g/mol. The molecule has 19 heavy (non-hydrogen) atoms. The van der Waals surface area contributed by atoms with Crippen LogP contribution in [0, 0.1) is 12.8 Å². The summed E-state index contributed by atoms with van der Waals surface area (Å²) in [7, 11) is 0. The van der Waals surface area contributed by atoms with Gasteiger partial charge in [0.1, 0.15) is 5.00 Å². The van der Waals surface area contributed by atoms with Gasteiger partial charge in [0, 0.05) is 11.3 Å². The molecule has 1 aromatic heterocycles. The van der Waals surface area contributed by atoms with Gasteiger partial charge in [0.2, 0.25) is 5.91 Å². The van der Waals surface area contributed by atoms with Crippen LogP contribution in [0.1, 0.15) is 48.8 Å². The van der Waals surface area contributed by atoms with Gasteiger partial charge in [0.25, 0.3) is 0 Å². The summed E-state index contributed by atoms with van der Waals surface area (Å²) in [6, 6.07) is 1.75. The normalized spacial score (nSPS) is 10.6. The Hall–Kier alpha value is -1.36. The van der Waals surface area contributed by atoms with Crippen LogP contribution in [-0.2, 0) is 9.53 Å². The number of anilines is 1. The van der Waals surface area contributed by atoms with E-state index in [1.807, 2.05) is 6.92 Å². The van der Waals surface area contributed by atoms with Crippen LogP contribution >= 0.6 is 11.3 Å². The second-order valence-corrected chi connectivity index (χ2v) is 6.06. The monoisotopic (exact) mass is 283 g/mol. The number of hydrogen-bond acceptors (Lipinski definition) is 4. The summed E-state index contributed by atoms with van der Waals surface area (Å²) < 4.78 is 4.98. The number of amides is 1. The van der Waals surface area contributed by atoms with Crippen molar-refractivity contribution in [1.82, 2.24) is 0 Å². The Morgan fingerprint density at radius 1 is 1.42 bits per heavy atom. The first-order chi connectivity index (χ1) is 8.93. The molecule has 1 rings (SSSR count). The first-order valence-corrected chi connectivity index (χ1v) is 7.33. The first-order valence-electron chi connectivity index (χ1n) is 6.51. The maximum absolute atomic E-state index is 11.8. The topological polar surface area (TPSA) is 55.4 Å². The molecule has 0 bridgehead atoms. The fourth-order valence-corrected chi connectivity index (χ4v) is 2.49. The van der Waals surface area contributed by atoms with E-state index in [1.165, 1.54) is 11.3 Å². The van der Waals surface area contributed by atoms with Crippen molar-refractivity contribution >= 4 is 28.2 Å². The maximum atomic E-state index is 11.8. The smallest absolute Gasteiger partial charge is 0.341 e. The molecule has 0 aromatic carbocycles. The number of ether oxygens (including phenoxy) is 1.